The van der Waals surface area contributed by atoms with Crippen molar-refractivity contribution in [1.82, 2.24) is 0 Å². The number of rotatable bonds is 0. The van der Waals surface area contributed by atoms with E-state index in [9.17, 15) is 0 Å². The highest BCUT2D eigenvalue weighted by Crippen LogP contribution is 2.63. The van der Waals surface area contributed by atoms with Gasteiger partial charge in [-0.2, -0.15) is 0 Å². The van der Waals surface area contributed by atoms with E-state index in [1.807, 2.05) is 12.1 Å². The Kier molecular flexibility index (Phi) is 2.64. The van der Waals surface area contributed by atoms with Crippen LogP contribution in [0.4, 0.5) is 8.78 Å². The van der Waals surface area contributed by atoms with Crippen LogP contribution in [0.1, 0.15) is 36.8 Å². The van der Waals surface area contributed by atoms with Gasteiger partial charge in [-0.3, -0.25) is 0 Å². The number of hydrogen-bond acceptors (Lipinski definition) is 2. The van der Waals surface area contributed by atoms with Crippen LogP contribution in [0.25, 0.3) is 5.57 Å². The van der Waals surface area contributed by atoms with Crippen molar-refractivity contribution in [2.45, 2.75) is 42.8 Å². The van der Waals surface area contributed by atoms with Crippen molar-refractivity contribution in [2.24, 2.45) is 0 Å². The van der Waals surface area contributed by atoms with Crippen LogP contribution in [-0.2, 0) is 14.9 Å². The van der Waals surface area contributed by atoms with Crippen molar-refractivity contribution >= 4 is 5.57 Å². The smallest absolute Gasteiger partial charge is 0.282 e. The molecule has 1 atom stereocenters. The molecule has 2 nitrogen and oxygen atoms in total. The molecule has 0 bridgehead atoms. The van der Waals surface area contributed by atoms with Crippen LogP contribution in [0.2, 0.25) is 0 Å². The second kappa shape index (κ2) is 4.14. The molecule has 1 saturated heterocycles. The highest BCUT2D eigenvalue weighted by molar-refractivity contribution is 5.80. The lowest BCUT2D eigenvalue weighted by Gasteiger charge is -2.46. The van der Waals surface area contributed by atoms with E-state index in [4.69, 9.17) is 9.47 Å². The van der Waals surface area contributed by atoms with Gasteiger partial charge in [-0.1, -0.05) is 30.8 Å². The second-order valence-corrected chi connectivity index (χ2v) is 6.32. The number of ether oxygens (including phenoxy) is 2. The predicted octanol–water partition coefficient (Wildman–Crippen LogP) is 3.90. The second-order valence-electron chi connectivity index (χ2n) is 6.32. The first kappa shape index (κ1) is 13.4. The van der Waals surface area contributed by atoms with Gasteiger partial charge in [0.1, 0.15) is 0 Å². The number of fused-ring (bicyclic) bond motifs is 2. The number of alkyl halides is 2. The lowest BCUT2D eigenvalue weighted by atomic mass is 9.66. The van der Waals surface area contributed by atoms with E-state index in [0.29, 0.717) is 43.6 Å². The fourth-order valence-corrected chi connectivity index (χ4v) is 4.33. The highest BCUT2D eigenvalue weighted by atomic mass is 19.3. The summed E-state index contributed by atoms with van der Waals surface area (Å²) in [6, 6.07) is 7.18. The SMILES string of the molecule is C=C1c2ccccc2[C@]2(CCCC3(C2)OCCO3)C1(F)F. The van der Waals surface area contributed by atoms with Crippen LogP contribution in [0, 0.1) is 0 Å². The summed E-state index contributed by atoms with van der Waals surface area (Å²) in [6.45, 7) is 4.66. The van der Waals surface area contributed by atoms with Crippen LogP contribution >= 0.6 is 0 Å². The van der Waals surface area contributed by atoms with Gasteiger partial charge in [-0.05, 0) is 24.0 Å². The van der Waals surface area contributed by atoms with Crippen LogP contribution < -0.4 is 0 Å². The maximum absolute atomic E-state index is 15.1. The third kappa shape index (κ3) is 1.58. The molecule has 1 aromatic rings. The lowest BCUT2D eigenvalue weighted by Crippen LogP contribution is -2.51. The van der Waals surface area contributed by atoms with Gasteiger partial charge < -0.3 is 9.47 Å². The van der Waals surface area contributed by atoms with Gasteiger partial charge in [0.2, 0.25) is 0 Å². The quantitative estimate of drug-likeness (QED) is 0.722. The van der Waals surface area contributed by atoms with Gasteiger partial charge in [0.15, 0.2) is 5.79 Å². The topological polar surface area (TPSA) is 18.5 Å². The molecule has 2 spiro atoms. The maximum atomic E-state index is 15.1. The standard InChI is InChI=1S/C17H18F2O2/c1-12-13-5-2-3-6-14(13)15(17(12,18)19)7-4-8-16(11-15)20-9-10-21-16/h2-3,5-6H,1,4,7-11H2/t15-/m1/s1. The minimum absolute atomic E-state index is 0.0619. The first-order valence-electron chi connectivity index (χ1n) is 7.46. The molecule has 1 heterocycles. The predicted molar refractivity (Wildman–Crippen MR) is 75.2 cm³/mol. The molecule has 4 rings (SSSR count). The summed E-state index contributed by atoms with van der Waals surface area (Å²) >= 11 is 0. The van der Waals surface area contributed by atoms with Gasteiger partial charge in [0.05, 0.1) is 18.6 Å². The number of benzene rings is 1. The molecule has 1 aliphatic heterocycles. The summed E-state index contributed by atoms with van der Waals surface area (Å²) < 4.78 is 41.6. The highest BCUT2D eigenvalue weighted by Gasteiger charge is 2.66. The van der Waals surface area contributed by atoms with Crippen molar-refractivity contribution in [3.05, 3.63) is 42.0 Å². The summed E-state index contributed by atoms with van der Waals surface area (Å²) in [5.74, 6) is -3.78. The molecular weight excluding hydrogens is 274 g/mol. The van der Waals surface area contributed by atoms with E-state index < -0.39 is 17.1 Å². The third-order valence-electron chi connectivity index (χ3n) is 5.29. The van der Waals surface area contributed by atoms with Gasteiger partial charge >= 0.3 is 0 Å². The average molecular weight is 292 g/mol. The molecular formula is C17H18F2O2. The Morgan fingerprint density at radius 2 is 1.76 bits per heavy atom. The third-order valence-corrected chi connectivity index (χ3v) is 5.29. The fourth-order valence-electron chi connectivity index (χ4n) is 4.33. The van der Waals surface area contributed by atoms with Crippen LogP contribution in [-0.4, -0.2) is 24.9 Å². The maximum Gasteiger partial charge on any atom is 0.282 e. The van der Waals surface area contributed by atoms with E-state index in [2.05, 4.69) is 6.58 Å². The molecule has 2 fully saturated rings. The van der Waals surface area contributed by atoms with Crippen molar-refractivity contribution in [2.75, 3.05) is 13.2 Å². The minimum Gasteiger partial charge on any atom is -0.347 e. The Labute approximate surface area is 122 Å². The molecule has 1 aromatic carbocycles. The Balaban J connectivity index is 1.87. The van der Waals surface area contributed by atoms with Gasteiger partial charge in [0.25, 0.3) is 5.92 Å². The Morgan fingerprint density at radius 1 is 1.05 bits per heavy atom. The molecule has 21 heavy (non-hydrogen) atoms. The molecule has 0 unspecified atom stereocenters. The van der Waals surface area contributed by atoms with Crippen molar-refractivity contribution in [3.63, 3.8) is 0 Å². The normalized spacial score (nSPS) is 32.8. The van der Waals surface area contributed by atoms with Crippen LogP contribution in [0.5, 0.6) is 0 Å². The van der Waals surface area contributed by atoms with E-state index in [1.165, 1.54) is 0 Å². The zero-order valence-corrected chi connectivity index (χ0v) is 11.8. The molecule has 1 saturated carbocycles. The molecule has 3 aliphatic rings. The molecule has 0 amide bonds. The van der Waals surface area contributed by atoms with Gasteiger partial charge in [0, 0.05) is 18.4 Å². The van der Waals surface area contributed by atoms with E-state index in [-0.39, 0.29) is 12.0 Å². The lowest BCUT2D eigenvalue weighted by molar-refractivity contribution is -0.210. The Hall–Kier alpha value is -1.26. The zero-order chi connectivity index (χ0) is 14.7. The fraction of sp³-hybridized carbons (Fsp3) is 0.529. The zero-order valence-electron chi connectivity index (χ0n) is 11.8. The Morgan fingerprint density at radius 3 is 2.52 bits per heavy atom. The molecule has 112 valence electrons. The molecule has 2 aliphatic carbocycles. The van der Waals surface area contributed by atoms with Crippen LogP contribution in [0.3, 0.4) is 0 Å². The first-order valence-corrected chi connectivity index (χ1v) is 7.46. The molecule has 4 heteroatoms. The summed E-state index contributed by atoms with van der Waals surface area (Å²) in [4.78, 5) is 0. The first-order chi connectivity index (χ1) is 10.0. The molecule has 0 aromatic heterocycles. The minimum atomic E-state index is -2.95. The summed E-state index contributed by atoms with van der Waals surface area (Å²) in [5, 5.41) is 0. The summed E-state index contributed by atoms with van der Waals surface area (Å²) in [7, 11) is 0. The van der Waals surface area contributed by atoms with Gasteiger partial charge in [-0.25, -0.2) is 8.78 Å². The van der Waals surface area contributed by atoms with E-state index >= 15 is 8.78 Å². The van der Waals surface area contributed by atoms with Gasteiger partial charge in [-0.15, -0.1) is 0 Å². The molecule has 0 radical (unpaired) electrons. The van der Waals surface area contributed by atoms with Crippen molar-refractivity contribution in [1.29, 1.82) is 0 Å². The van der Waals surface area contributed by atoms with E-state index in [0.717, 1.165) is 0 Å². The van der Waals surface area contributed by atoms with E-state index in [1.54, 1.807) is 12.1 Å². The number of allylic oxidation sites excluding steroid dienone is 1. The Bertz CT molecular complexity index is 605. The monoisotopic (exact) mass is 292 g/mol. The average Bonchev–Trinajstić information content (AvgIpc) is 2.98. The van der Waals surface area contributed by atoms with Crippen LogP contribution in [0.15, 0.2) is 30.8 Å². The summed E-state index contributed by atoms with van der Waals surface area (Å²) in [5.41, 5.74) is 0.00682. The number of hydrogen-bond donors (Lipinski definition) is 0. The molecule has 0 N–H and O–H groups in total. The van der Waals surface area contributed by atoms with Crippen molar-refractivity contribution < 1.29 is 18.3 Å². The largest absolute Gasteiger partial charge is 0.347 e. The van der Waals surface area contributed by atoms with Crippen molar-refractivity contribution in [3.8, 4) is 0 Å². The summed E-state index contributed by atoms with van der Waals surface area (Å²) in [6.07, 6.45) is 2.03. The number of halogens is 2.